The summed E-state index contributed by atoms with van der Waals surface area (Å²) in [6, 6.07) is 9.29. The van der Waals surface area contributed by atoms with Crippen molar-refractivity contribution in [1.29, 1.82) is 0 Å². The third-order valence-corrected chi connectivity index (χ3v) is 5.76. The number of amides is 2. The van der Waals surface area contributed by atoms with Crippen LogP contribution in [0.25, 0.3) is 0 Å². The summed E-state index contributed by atoms with van der Waals surface area (Å²) in [4.78, 5) is 27.5. The molecule has 3 rings (SSSR count). The Morgan fingerprint density at radius 1 is 1.23 bits per heavy atom. The Hall–Kier alpha value is -1.88. The molecule has 0 bridgehead atoms. The summed E-state index contributed by atoms with van der Waals surface area (Å²) in [5, 5.41) is 3.25. The highest BCUT2D eigenvalue weighted by atomic mass is 16.5. The Balaban J connectivity index is 1.91. The van der Waals surface area contributed by atoms with Gasteiger partial charge in [0.15, 0.2) is 6.10 Å². The van der Waals surface area contributed by atoms with E-state index in [1.807, 2.05) is 44.2 Å². The maximum atomic E-state index is 13.2. The quantitative estimate of drug-likeness (QED) is 0.900. The average Bonchev–Trinajstić information content (AvgIpc) is 3.35. The van der Waals surface area contributed by atoms with Crippen LogP contribution < -0.4 is 5.32 Å². The van der Waals surface area contributed by atoms with Crippen molar-refractivity contribution in [1.82, 2.24) is 10.2 Å². The van der Waals surface area contributed by atoms with E-state index in [1.165, 1.54) is 0 Å². The number of hydrogen-bond donors (Lipinski definition) is 1. The number of rotatable bonds is 4. The number of hydrogen-bond acceptors (Lipinski definition) is 3. The van der Waals surface area contributed by atoms with Crippen molar-refractivity contribution < 1.29 is 14.3 Å². The molecule has 142 valence electrons. The third kappa shape index (κ3) is 3.37. The SMILES string of the molecule is CC(C)N1C(=O)CO[C@H](C(=O)NC2(C(C)(C)C)CC2)[C@H]1c1ccccc1. The van der Waals surface area contributed by atoms with Gasteiger partial charge in [-0.3, -0.25) is 9.59 Å². The largest absolute Gasteiger partial charge is 0.356 e. The van der Waals surface area contributed by atoms with Gasteiger partial charge in [0.25, 0.3) is 5.91 Å². The number of benzene rings is 1. The lowest BCUT2D eigenvalue weighted by Gasteiger charge is -2.43. The summed E-state index contributed by atoms with van der Waals surface area (Å²) in [5.74, 6) is -0.195. The second kappa shape index (κ2) is 6.69. The lowest BCUT2D eigenvalue weighted by Crippen LogP contribution is -2.59. The molecule has 0 unspecified atom stereocenters. The molecule has 1 aromatic carbocycles. The molecule has 0 radical (unpaired) electrons. The summed E-state index contributed by atoms with van der Waals surface area (Å²) < 4.78 is 5.78. The molecule has 1 saturated heterocycles. The van der Waals surface area contributed by atoms with Gasteiger partial charge in [-0.15, -0.1) is 0 Å². The van der Waals surface area contributed by atoms with E-state index in [-0.39, 0.29) is 35.4 Å². The molecule has 1 aliphatic carbocycles. The van der Waals surface area contributed by atoms with Crippen molar-refractivity contribution in [3.8, 4) is 0 Å². The van der Waals surface area contributed by atoms with Crippen molar-refractivity contribution in [2.75, 3.05) is 6.61 Å². The van der Waals surface area contributed by atoms with Gasteiger partial charge in [0.05, 0.1) is 6.04 Å². The molecule has 1 N–H and O–H groups in total. The Bertz CT molecular complexity index is 674. The first-order chi connectivity index (χ1) is 12.2. The zero-order chi connectivity index (χ0) is 19.1. The molecular weight excluding hydrogens is 328 g/mol. The third-order valence-electron chi connectivity index (χ3n) is 5.76. The van der Waals surface area contributed by atoms with Crippen molar-refractivity contribution in [3.05, 3.63) is 35.9 Å². The van der Waals surface area contributed by atoms with Gasteiger partial charge in [0, 0.05) is 11.6 Å². The predicted molar refractivity (Wildman–Crippen MR) is 100 cm³/mol. The van der Waals surface area contributed by atoms with Gasteiger partial charge >= 0.3 is 0 Å². The van der Waals surface area contributed by atoms with Crippen LogP contribution >= 0.6 is 0 Å². The molecule has 1 saturated carbocycles. The predicted octanol–water partition coefficient (Wildman–Crippen LogP) is 3.06. The molecule has 5 heteroatoms. The summed E-state index contributed by atoms with van der Waals surface area (Å²) in [5.41, 5.74) is 0.751. The lowest BCUT2D eigenvalue weighted by atomic mass is 9.83. The van der Waals surface area contributed by atoms with E-state index in [0.29, 0.717) is 0 Å². The monoisotopic (exact) mass is 358 g/mol. The highest BCUT2D eigenvalue weighted by Crippen LogP contribution is 2.50. The van der Waals surface area contributed by atoms with Crippen LogP contribution in [0.1, 0.15) is 59.1 Å². The molecule has 2 aliphatic rings. The molecule has 0 spiro atoms. The van der Waals surface area contributed by atoms with Crippen LogP contribution in [0.15, 0.2) is 30.3 Å². The molecule has 1 aromatic rings. The number of carbonyl (C=O) groups excluding carboxylic acids is 2. The smallest absolute Gasteiger partial charge is 0.252 e. The molecule has 1 aliphatic heterocycles. The summed E-state index contributed by atoms with van der Waals surface area (Å²) in [6.07, 6.45) is 1.27. The second-order valence-corrected chi connectivity index (χ2v) is 8.80. The van der Waals surface area contributed by atoms with E-state index in [2.05, 4.69) is 26.1 Å². The highest BCUT2D eigenvalue weighted by molar-refractivity contribution is 5.87. The van der Waals surface area contributed by atoms with Crippen molar-refractivity contribution in [2.45, 2.75) is 71.2 Å². The maximum absolute atomic E-state index is 13.2. The normalized spacial score (nSPS) is 25.3. The fraction of sp³-hybridized carbons (Fsp3) is 0.619. The molecule has 2 amide bonds. The summed E-state index contributed by atoms with van der Waals surface area (Å²) >= 11 is 0. The molecule has 2 atom stereocenters. The van der Waals surface area contributed by atoms with Crippen LogP contribution in [0, 0.1) is 5.41 Å². The Morgan fingerprint density at radius 3 is 2.35 bits per heavy atom. The molecule has 0 aromatic heterocycles. The fourth-order valence-electron chi connectivity index (χ4n) is 3.94. The molecular formula is C21H30N2O3. The first-order valence-electron chi connectivity index (χ1n) is 9.46. The molecule has 26 heavy (non-hydrogen) atoms. The second-order valence-electron chi connectivity index (χ2n) is 8.80. The van der Waals surface area contributed by atoms with E-state index in [4.69, 9.17) is 4.74 Å². The first kappa shape index (κ1) is 18.9. The van der Waals surface area contributed by atoms with Gasteiger partial charge in [-0.05, 0) is 37.7 Å². The Labute approximate surface area is 156 Å². The minimum absolute atomic E-state index is 0.00682. The van der Waals surface area contributed by atoms with Crippen molar-refractivity contribution >= 4 is 11.8 Å². The molecule has 1 heterocycles. The lowest BCUT2D eigenvalue weighted by molar-refractivity contribution is -0.167. The van der Waals surface area contributed by atoms with E-state index < -0.39 is 12.1 Å². The van der Waals surface area contributed by atoms with E-state index in [0.717, 1.165) is 18.4 Å². The van der Waals surface area contributed by atoms with Crippen LogP contribution in [0.2, 0.25) is 0 Å². The topological polar surface area (TPSA) is 58.6 Å². The minimum atomic E-state index is -0.697. The van der Waals surface area contributed by atoms with E-state index >= 15 is 0 Å². The van der Waals surface area contributed by atoms with E-state index in [1.54, 1.807) is 4.90 Å². The van der Waals surface area contributed by atoms with Gasteiger partial charge in [0.2, 0.25) is 5.91 Å². The summed E-state index contributed by atoms with van der Waals surface area (Å²) in [6.45, 7) is 10.4. The molecule has 2 fully saturated rings. The first-order valence-corrected chi connectivity index (χ1v) is 9.46. The summed E-state index contributed by atoms with van der Waals surface area (Å²) in [7, 11) is 0. The number of nitrogens with zero attached hydrogens (tertiary/aromatic N) is 1. The van der Waals surface area contributed by atoms with Crippen LogP contribution in [-0.2, 0) is 14.3 Å². The standard InChI is InChI=1S/C21H30N2O3/c1-14(2)23-16(24)13-26-18(17(23)15-9-7-6-8-10-15)19(25)22-21(11-12-21)20(3,4)5/h6-10,14,17-18H,11-13H2,1-5H3,(H,22,25)/t17-,18+/m1/s1. The van der Waals surface area contributed by atoms with Gasteiger partial charge in [-0.2, -0.15) is 0 Å². The van der Waals surface area contributed by atoms with Gasteiger partial charge in [0.1, 0.15) is 6.61 Å². The van der Waals surface area contributed by atoms with Crippen LogP contribution in [0.5, 0.6) is 0 Å². The van der Waals surface area contributed by atoms with Gasteiger partial charge in [-0.1, -0.05) is 51.1 Å². The van der Waals surface area contributed by atoms with Crippen molar-refractivity contribution in [3.63, 3.8) is 0 Å². The number of carbonyl (C=O) groups is 2. The van der Waals surface area contributed by atoms with Gasteiger partial charge in [-0.25, -0.2) is 0 Å². The van der Waals surface area contributed by atoms with Gasteiger partial charge < -0.3 is 15.0 Å². The van der Waals surface area contributed by atoms with Crippen LogP contribution in [0.3, 0.4) is 0 Å². The fourth-order valence-corrected chi connectivity index (χ4v) is 3.94. The number of ether oxygens (including phenoxy) is 1. The number of nitrogens with one attached hydrogen (secondary N) is 1. The Morgan fingerprint density at radius 2 is 1.85 bits per heavy atom. The minimum Gasteiger partial charge on any atom is -0.356 e. The van der Waals surface area contributed by atoms with Crippen molar-refractivity contribution in [2.24, 2.45) is 5.41 Å². The Kier molecular flexibility index (Phi) is 4.86. The highest BCUT2D eigenvalue weighted by Gasteiger charge is 2.54. The average molecular weight is 358 g/mol. The van der Waals surface area contributed by atoms with Crippen LogP contribution in [0.4, 0.5) is 0 Å². The molecule has 5 nitrogen and oxygen atoms in total. The van der Waals surface area contributed by atoms with E-state index in [9.17, 15) is 9.59 Å². The van der Waals surface area contributed by atoms with Crippen LogP contribution in [-0.4, -0.2) is 41.0 Å². The number of morpholine rings is 1. The zero-order valence-electron chi connectivity index (χ0n) is 16.4. The zero-order valence-corrected chi connectivity index (χ0v) is 16.4. The maximum Gasteiger partial charge on any atom is 0.252 e.